The molecule has 6 atom stereocenters. The molecule has 2 aliphatic carbocycles. The maximum atomic E-state index is 13.9. The summed E-state index contributed by atoms with van der Waals surface area (Å²) >= 11 is 0. The number of hydrogen-bond donors (Lipinski definition) is 3. The van der Waals surface area contributed by atoms with Crippen LogP contribution in [0.2, 0.25) is 0 Å². The Labute approximate surface area is 250 Å². The van der Waals surface area contributed by atoms with Gasteiger partial charge in [-0.2, -0.15) is 0 Å². The number of phenolic OH excluding ortho intramolecular Hbond substituents is 3. The molecule has 4 heterocycles. The number of hydrogen-bond acceptors (Lipinski definition) is 13. The summed E-state index contributed by atoms with van der Waals surface area (Å²) in [7, 11) is 0. The summed E-state index contributed by atoms with van der Waals surface area (Å²) in [6, 6.07) is 3.19. The molecule has 228 valence electrons. The maximum Gasteiger partial charge on any atom is 0.309 e. The monoisotopic (exact) mass is 614 g/mol. The summed E-state index contributed by atoms with van der Waals surface area (Å²) in [5.41, 5.74) is -4.32. The molecule has 2 fully saturated rings. The largest absolute Gasteiger partial charge is 0.507 e. The van der Waals surface area contributed by atoms with Crippen LogP contribution in [0.15, 0.2) is 37.4 Å². The van der Waals surface area contributed by atoms with E-state index in [1.54, 1.807) is 6.92 Å². The summed E-state index contributed by atoms with van der Waals surface area (Å²) < 4.78 is 22.2. The number of rotatable bonds is 1. The van der Waals surface area contributed by atoms with Gasteiger partial charge >= 0.3 is 11.9 Å². The number of ether oxygens (including phenoxy) is 4. The van der Waals surface area contributed by atoms with Crippen LogP contribution in [0.25, 0.3) is 21.9 Å². The van der Waals surface area contributed by atoms with Crippen molar-refractivity contribution in [3.63, 3.8) is 0 Å². The van der Waals surface area contributed by atoms with Crippen molar-refractivity contribution in [1.82, 2.24) is 0 Å². The fraction of sp³-hybridized carbons (Fsp3) is 0.312. The minimum Gasteiger partial charge on any atom is -0.507 e. The SMILES string of the molecule is C[C@@H]1O[C@H]2CC(=O)O[C@H]2c2c1c(O)c1cc(-c3cc(=O)c4c(=O)c5c(c(=O)c=4c3=O)[C@H](C)O[C@H]3CC(=O)O[C@@H]53)cc(O)c1c2O. The van der Waals surface area contributed by atoms with Crippen LogP contribution in [-0.4, -0.2) is 39.5 Å². The molecule has 3 N–H and O–H groups in total. The summed E-state index contributed by atoms with van der Waals surface area (Å²) in [6.07, 6.45) is -5.70. The number of aromatic hydroxyl groups is 3. The Morgan fingerprint density at radius 3 is 1.87 bits per heavy atom. The highest BCUT2D eigenvalue weighted by atomic mass is 16.6. The first kappa shape index (κ1) is 27.4. The zero-order valence-electron chi connectivity index (χ0n) is 23.5. The number of benzene rings is 2. The molecule has 2 aromatic carbocycles. The molecule has 0 amide bonds. The lowest BCUT2D eigenvalue weighted by atomic mass is 9.86. The lowest BCUT2D eigenvalue weighted by Crippen LogP contribution is -2.40. The second kappa shape index (κ2) is 8.96. The van der Waals surface area contributed by atoms with E-state index in [0.29, 0.717) is 0 Å². The first-order valence-electron chi connectivity index (χ1n) is 14.2. The summed E-state index contributed by atoms with van der Waals surface area (Å²) in [6.45, 7) is 3.10. The Hall–Kier alpha value is -5.14. The lowest BCUT2D eigenvalue weighted by Gasteiger charge is -2.33. The van der Waals surface area contributed by atoms with E-state index in [1.165, 1.54) is 13.0 Å². The molecular weight excluding hydrogens is 592 g/mol. The number of carbonyl (C=O) groups excluding carboxylic acids is 2. The van der Waals surface area contributed by atoms with Gasteiger partial charge in [-0.05, 0) is 37.6 Å². The molecule has 0 saturated carbocycles. The van der Waals surface area contributed by atoms with Crippen LogP contribution in [0.3, 0.4) is 0 Å². The fourth-order valence-electron chi connectivity index (χ4n) is 7.41. The van der Waals surface area contributed by atoms with Crippen LogP contribution in [0, 0.1) is 10.4 Å². The van der Waals surface area contributed by atoms with Gasteiger partial charge in [-0.3, -0.25) is 28.8 Å². The van der Waals surface area contributed by atoms with E-state index in [2.05, 4.69) is 0 Å². The van der Waals surface area contributed by atoms with E-state index in [9.17, 15) is 44.1 Å². The van der Waals surface area contributed by atoms with Crippen LogP contribution in [0.4, 0.5) is 0 Å². The van der Waals surface area contributed by atoms with Gasteiger partial charge in [0, 0.05) is 27.6 Å². The predicted octanol–water partition coefficient (Wildman–Crippen LogP) is 1.56. The van der Waals surface area contributed by atoms with Gasteiger partial charge in [0.1, 0.15) is 29.5 Å². The molecule has 2 saturated heterocycles. The quantitative estimate of drug-likeness (QED) is 0.206. The summed E-state index contributed by atoms with van der Waals surface area (Å²) in [5, 5.41) is 32.1. The minimum absolute atomic E-state index is 0.0589. The van der Waals surface area contributed by atoms with Crippen LogP contribution in [0.1, 0.15) is 73.4 Å². The van der Waals surface area contributed by atoms with E-state index in [1.807, 2.05) is 0 Å². The van der Waals surface area contributed by atoms with Crippen molar-refractivity contribution in [2.24, 2.45) is 0 Å². The van der Waals surface area contributed by atoms with Gasteiger partial charge < -0.3 is 34.3 Å². The smallest absolute Gasteiger partial charge is 0.309 e. The molecule has 2 aromatic rings. The van der Waals surface area contributed by atoms with Crippen molar-refractivity contribution >= 4 is 22.7 Å². The molecule has 4 aliphatic heterocycles. The van der Waals surface area contributed by atoms with Crippen molar-refractivity contribution < 1.29 is 43.9 Å². The molecule has 0 bridgehead atoms. The molecule has 8 rings (SSSR count). The third-order valence-corrected chi connectivity index (χ3v) is 9.27. The molecule has 0 radical (unpaired) electrons. The fourth-order valence-corrected chi connectivity index (χ4v) is 7.41. The van der Waals surface area contributed by atoms with Gasteiger partial charge in [-0.15, -0.1) is 0 Å². The van der Waals surface area contributed by atoms with Crippen LogP contribution < -0.4 is 21.7 Å². The molecule has 45 heavy (non-hydrogen) atoms. The number of fused-ring (bicyclic) bond motifs is 7. The van der Waals surface area contributed by atoms with E-state index in [4.69, 9.17) is 18.9 Å². The van der Waals surface area contributed by atoms with Crippen molar-refractivity contribution in [1.29, 1.82) is 0 Å². The maximum absolute atomic E-state index is 13.9. The van der Waals surface area contributed by atoms with Crippen LogP contribution in [0.5, 0.6) is 17.2 Å². The van der Waals surface area contributed by atoms with Gasteiger partial charge in [-0.25, -0.2) is 0 Å². The first-order chi connectivity index (χ1) is 21.4. The minimum atomic E-state index is -1.18. The normalized spacial score (nSPS) is 26.7. The second-order valence-electron chi connectivity index (χ2n) is 11.8. The average molecular weight is 615 g/mol. The molecule has 0 unspecified atom stereocenters. The van der Waals surface area contributed by atoms with Crippen LogP contribution >= 0.6 is 0 Å². The number of esters is 2. The number of carbonyl (C=O) groups is 2. The van der Waals surface area contributed by atoms with E-state index in [0.717, 1.165) is 12.1 Å². The van der Waals surface area contributed by atoms with Gasteiger partial charge in [-0.1, -0.05) is 0 Å². The average Bonchev–Trinajstić information content (AvgIpc) is 3.53. The number of phenols is 3. The molecule has 0 aromatic heterocycles. The first-order valence-corrected chi connectivity index (χ1v) is 14.2. The summed E-state index contributed by atoms with van der Waals surface area (Å²) in [4.78, 5) is 78.7. The highest BCUT2D eigenvalue weighted by molar-refractivity contribution is 6.02. The zero-order valence-corrected chi connectivity index (χ0v) is 23.5. The molecule has 0 spiro atoms. The Morgan fingerprint density at radius 2 is 1.22 bits per heavy atom. The molecule has 6 aliphatic rings. The second-order valence-corrected chi connectivity index (χ2v) is 11.8. The topological polar surface area (TPSA) is 200 Å². The van der Waals surface area contributed by atoms with E-state index >= 15 is 0 Å². The Kier molecular flexibility index (Phi) is 5.46. The van der Waals surface area contributed by atoms with E-state index < -0.39 is 98.0 Å². The zero-order chi connectivity index (χ0) is 31.8. The highest BCUT2D eigenvalue weighted by Crippen LogP contribution is 2.55. The van der Waals surface area contributed by atoms with Crippen molar-refractivity contribution in [2.75, 3.05) is 0 Å². The highest BCUT2D eigenvalue weighted by Gasteiger charge is 2.48. The Balaban J connectivity index is 1.39. The Morgan fingerprint density at radius 1 is 0.644 bits per heavy atom. The predicted molar refractivity (Wildman–Crippen MR) is 151 cm³/mol. The molecular formula is C32H22O13. The van der Waals surface area contributed by atoms with E-state index in [-0.39, 0.29) is 57.0 Å². The van der Waals surface area contributed by atoms with Gasteiger partial charge in [0.2, 0.25) is 0 Å². The standard InChI is InChI=1S/C32H22O13/c1-8-19-24(31-15(42-8)6-17(35)44-31)29(40)21-12(27(19)38)3-10(4-13(21)33)11-5-14(34)22-23(26(11)37)28(39)20-9(2)43-16-7-18(36)45-32(16)25(20)30(22)41/h3-5,8-9,15-16,31-33,38,40H,6-7H2,1-2H3/t8-,9-,15-,16-,31+,32+/m0/s1. The molecule has 13 heteroatoms. The lowest BCUT2D eigenvalue weighted by molar-refractivity contribution is -0.144. The van der Waals surface area contributed by atoms with Gasteiger partial charge in [0.05, 0.1) is 46.4 Å². The van der Waals surface area contributed by atoms with Crippen molar-refractivity contribution in [2.45, 2.75) is 63.3 Å². The van der Waals surface area contributed by atoms with Crippen molar-refractivity contribution in [3.05, 3.63) is 91.8 Å². The van der Waals surface area contributed by atoms with Crippen molar-refractivity contribution in [3.8, 4) is 28.4 Å². The van der Waals surface area contributed by atoms with Gasteiger partial charge in [0.15, 0.2) is 33.9 Å². The summed E-state index contributed by atoms with van der Waals surface area (Å²) in [5.74, 6) is -2.65. The molecule has 13 nitrogen and oxygen atoms in total. The third kappa shape index (κ3) is 3.50. The Bertz CT molecular complexity index is 2350. The van der Waals surface area contributed by atoms with Crippen LogP contribution in [-0.2, 0) is 28.5 Å². The van der Waals surface area contributed by atoms with Gasteiger partial charge in [0.25, 0.3) is 0 Å². The third-order valence-electron chi connectivity index (χ3n) is 9.27.